The van der Waals surface area contributed by atoms with Crippen LogP contribution in [0.5, 0.6) is 5.75 Å². The summed E-state index contributed by atoms with van der Waals surface area (Å²) >= 11 is 3.09. The van der Waals surface area contributed by atoms with E-state index in [-0.39, 0.29) is 5.75 Å². The average Bonchev–Trinajstić information content (AvgIpc) is 2.46. The average molecular weight is 391 g/mol. The summed E-state index contributed by atoms with van der Waals surface area (Å²) in [7, 11) is 0. The topological polar surface area (TPSA) is 93.7 Å². The number of ether oxygens (including phenoxy) is 2. The fraction of sp³-hybridized carbons (Fsp3) is 0.357. The Morgan fingerprint density at radius 1 is 1.35 bits per heavy atom. The Morgan fingerprint density at radius 3 is 2.65 bits per heavy atom. The van der Waals surface area contributed by atoms with Gasteiger partial charge in [-0.25, -0.2) is 14.0 Å². The number of rotatable bonds is 6. The van der Waals surface area contributed by atoms with Crippen molar-refractivity contribution >= 4 is 33.8 Å². The number of carbonyl (C=O) groups is 3. The highest BCUT2D eigenvalue weighted by atomic mass is 79.9. The number of benzene rings is 1. The van der Waals surface area contributed by atoms with Crippen molar-refractivity contribution in [1.82, 2.24) is 10.6 Å². The number of carbonyl (C=O) groups excluding carboxylic acids is 3. The van der Waals surface area contributed by atoms with Crippen molar-refractivity contribution < 1.29 is 28.2 Å². The number of hydrogen-bond donors (Lipinski definition) is 2. The zero-order valence-corrected chi connectivity index (χ0v) is 14.1. The SMILES string of the molecule is CCNC(=O)NC(=O)C(C)OC(=O)COc1ccc(Br)cc1F. The third-order valence-corrected chi connectivity index (χ3v) is 2.98. The van der Waals surface area contributed by atoms with Crippen LogP contribution in [0.1, 0.15) is 13.8 Å². The molecule has 126 valence electrons. The third-order valence-electron chi connectivity index (χ3n) is 2.49. The van der Waals surface area contributed by atoms with E-state index in [1.54, 1.807) is 13.0 Å². The van der Waals surface area contributed by atoms with Gasteiger partial charge in [0.15, 0.2) is 24.3 Å². The molecule has 0 aliphatic rings. The summed E-state index contributed by atoms with van der Waals surface area (Å²) in [4.78, 5) is 34.3. The van der Waals surface area contributed by atoms with E-state index in [9.17, 15) is 18.8 Å². The highest BCUT2D eigenvalue weighted by Crippen LogP contribution is 2.21. The van der Waals surface area contributed by atoms with Gasteiger partial charge in [-0.3, -0.25) is 10.1 Å². The van der Waals surface area contributed by atoms with Gasteiger partial charge in [-0.2, -0.15) is 0 Å². The molecule has 1 rings (SSSR count). The monoisotopic (exact) mass is 390 g/mol. The summed E-state index contributed by atoms with van der Waals surface area (Å²) in [5.41, 5.74) is 0. The maximum absolute atomic E-state index is 13.5. The Kier molecular flexibility index (Phi) is 7.46. The molecule has 0 aliphatic heterocycles. The highest BCUT2D eigenvalue weighted by molar-refractivity contribution is 9.10. The summed E-state index contributed by atoms with van der Waals surface area (Å²) in [5, 5.41) is 4.36. The smallest absolute Gasteiger partial charge is 0.344 e. The van der Waals surface area contributed by atoms with Crippen LogP contribution in [0.15, 0.2) is 22.7 Å². The largest absolute Gasteiger partial charge is 0.479 e. The number of amides is 3. The fourth-order valence-corrected chi connectivity index (χ4v) is 1.77. The lowest BCUT2D eigenvalue weighted by Crippen LogP contribution is -2.44. The zero-order valence-electron chi connectivity index (χ0n) is 12.5. The van der Waals surface area contributed by atoms with E-state index in [2.05, 4.69) is 21.2 Å². The lowest BCUT2D eigenvalue weighted by molar-refractivity contribution is -0.156. The van der Waals surface area contributed by atoms with Crippen molar-refractivity contribution in [2.24, 2.45) is 0 Å². The minimum atomic E-state index is -1.19. The van der Waals surface area contributed by atoms with E-state index in [4.69, 9.17) is 9.47 Å². The van der Waals surface area contributed by atoms with Gasteiger partial charge < -0.3 is 14.8 Å². The molecule has 2 N–H and O–H groups in total. The second-order valence-corrected chi connectivity index (χ2v) is 5.26. The molecule has 0 aliphatic carbocycles. The van der Waals surface area contributed by atoms with E-state index >= 15 is 0 Å². The molecule has 0 bridgehead atoms. The Morgan fingerprint density at radius 2 is 2.04 bits per heavy atom. The van der Waals surface area contributed by atoms with Gasteiger partial charge in [0.05, 0.1) is 0 Å². The maximum Gasteiger partial charge on any atom is 0.344 e. The van der Waals surface area contributed by atoms with Crippen LogP contribution in [0.3, 0.4) is 0 Å². The molecule has 1 aromatic carbocycles. The highest BCUT2D eigenvalue weighted by Gasteiger charge is 2.20. The Balaban J connectivity index is 2.43. The molecule has 7 nitrogen and oxygen atoms in total. The molecule has 0 heterocycles. The summed E-state index contributed by atoms with van der Waals surface area (Å²) in [6.45, 7) is 2.76. The van der Waals surface area contributed by atoms with Gasteiger partial charge in [0.1, 0.15) is 0 Å². The second kappa shape index (κ2) is 9.09. The van der Waals surface area contributed by atoms with E-state index in [1.807, 2.05) is 5.32 Å². The fourth-order valence-electron chi connectivity index (χ4n) is 1.43. The van der Waals surface area contributed by atoms with Crippen molar-refractivity contribution in [3.05, 3.63) is 28.5 Å². The van der Waals surface area contributed by atoms with Crippen LogP contribution in [0.2, 0.25) is 0 Å². The zero-order chi connectivity index (χ0) is 17.4. The van der Waals surface area contributed by atoms with Crippen molar-refractivity contribution in [3.8, 4) is 5.75 Å². The molecular formula is C14H16BrFN2O5. The van der Waals surface area contributed by atoms with E-state index in [0.29, 0.717) is 11.0 Å². The van der Waals surface area contributed by atoms with E-state index in [0.717, 1.165) is 0 Å². The standard InChI is InChI=1S/C14H16BrFN2O5/c1-3-17-14(21)18-13(20)8(2)23-12(19)7-22-11-5-4-9(15)6-10(11)16/h4-6,8H,3,7H2,1-2H3,(H2,17,18,20,21). The van der Waals surface area contributed by atoms with Gasteiger partial charge >= 0.3 is 12.0 Å². The molecule has 0 spiro atoms. The normalized spacial score (nSPS) is 11.3. The first-order valence-electron chi connectivity index (χ1n) is 6.69. The summed E-state index contributed by atoms with van der Waals surface area (Å²) in [6.07, 6.45) is -1.19. The molecule has 9 heteroatoms. The predicted molar refractivity (Wildman–Crippen MR) is 82.4 cm³/mol. The van der Waals surface area contributed by atoms with Crippen LogP contribution in [-0.2, 0) is 14.3 Å². The van der Waals surface area contributed by atoms with Crippen molar-refractivity contribution in [1.29, 1.82) is 0 Å². The minimum absolute atomic E-state index is 0.121. The summed E-state index contributed by atoms with van der Waals surface area (Å²) < 4.78 is 23.8. The molecule has 0 fully saturated rings. The number of imide groups is 1. The number of nitrogens with one attached hydrogen (secondary N) is 2. The second-order valence-electron chi connectivity index (χ2n) is 4.34. The van der Waals surface area contributed by atoms with Crippen LogP contribution in [-0.4, -0.2) is 37.2 Å². The van der Waals surface area contributed by atoms with Gasteiger partial charge in [0.2, 0.25) is 0 Å². The minimum Gasteiger partial charge on any atom is -0.479 e. The first-order chi connectivity index (χ1) is 10.8. The number of halogens is 2. The van der Waals surface area contributed by atoms with Crippen LogP contribution in [0.4, 0.5) is 9.18 Å². The van der Waals surface area contributed by atoms with Gasteiger partial charge in [0.25, 0.3) is 5.91 Å². The van der Waals surface area contributed by atoms with Crippen molar-refractivity contribution in [2.75, 3.05) is 13.2 Å². The van der Waals surface area contributed by atoms with Crippen LogP contribution < -0.4 is 15.4 Å². The third kappa shape index (κ3) is 6.64. The molecule has 1 atom stereocenters. The lowest BCUT2D eigenvalue weighted by atomic mass is 10.3. The Hall–Kier alpha value is -2.16. The molecule has 1 aromatic rings. The summed E-state index contributed by atoms with van der Waals surface area (Å²) in [6, 6.07) is 3.39. The van der Waals surface area contributed by atoms with Gasteiger partial charge in [-0.1, -0.05) is 15.9 Å². The lowest BCUT2D eigenvalue weighted by Gasteiger charge is -2.13. The van der Waals surface area contributed by atoms with Gasteiger partial charge in [0, 0.05) is 11.0 Å². The quantitative estimate of drug-likeness (QED) is 0.721. The van der Waals surface area contributed by atoms with Crippen molar-refractivity contribution in [2.45, 2.75) is 20.0 Å². The first-order valence-corrected chi connectivity index (χ1v) is 7.48. The van der Waals surface area contributed by atoms with Gasteiger partial charge in [-0.05, 0) is 32.0 Å². The van der Waals surface area contributed by atoms with Crippen LogP contribution in [0.25, 0.3) is 0 Å². The van der Waals surface area contributed by atoms with Crippen LogP contribution in [0, 0.1) is 5.82 Å². The van der Waals surface area contributed by atoms with Crippen LogP contribution >= 0.6 is 15.9 Å². The molecule has 23 heavy (non-hydrogen) atoms. The van der Waals surface area contributed by atoms with Gasteiger partial charge in [-0.15, -0.1) is 0 Å². The Labute approximate surface area is 140 Å². The molecule has 0 saturated heterocycles. The molecule has 0 radical (unpaired) electrons. The Bertz CT molecular complexity index is 597. The predicted octanol–water partition coefficient (Wildman–Crippen LogP) is 1.74. The van der Waals surface area contributed by atoms with Crippen molar-refractivity contribution in [3.63, 3.8) is 0 Å². The van der Waals surface area contributed by atoms with E-state index < -0.39 is 36.4 Å². The molecule has 3 amide bonds. The molecule has 0 aromatic heterocycles. The van der Waals surface area contributed by atoms with E-state index in [1.165, 1.54) is 19.1 Å². The number of esters is 1. The molecule has 0 saturated carbocycles. The number of hydrogen-bond acceptors (Lipinski definition) is 5. The molecular weight excluding hydrogens is 375 g/mol. The summed E-state index contributed by atoms with van der Waals surface area (Å²) in [5.74, 6) is -2.41. The first kappa shape index (κ1) is 18.9. The number of urea groups is 1. The molecule has 1 unspecified atom stereocenters. The maximum atomic E-state index is 13.5.